The standard InChI is InChI=1S/C26H56N2Si/c1-4-5-6-7-8-9-10-11-12-13-14-15-16-17-18-21-26(2,3)29-28-24-25-19-22-27-23-20-25/h25,27-28H,4-24,29H2,1-3H3. The average Bonchev–Trinajstić information content (AvgIpc) is 2.71. The van der Waals surface area contributed by atoms with Crippen molar-refractivity contribution in [3.8, 4) is 0 Å². The van der Waals surface area contributed by atoms with Gasteiger partial charge in [0.25, 0.3) is 0 Å². The molecule has 0 atom stereocenters. The molecule has 1 aliphatic rings. The zero-order valence-electron chi connectivity index (χ0n) is 20.6. The summed E-state index contributed by atoms with van der Waals surface area (Å²) < 4.78 is 0. The first-order valence-corrected chi connectivity index (χ1v) is 15.0. The summed E-state index contributed by atoms with van der Waals surface area (Å²) in [6.45, 7) is 11.1. The summed E-state index contributed by atoms with van der Waals surface area (Å²) >= 11 is 0. The molecule has 0 spiro atoms. The van der Waals surface area contributed by atoms with E-state index in [2.05, 4.69) is 31.1 Å². The van der Waals surface area contributed by atoms with E-state index >= 15 is 0 Å². The zero-order valence-corrected chi connectivity index (χ0v) is 22.0. The van der Waals surface area contributed by atoms with Crippen molar-refractivity contribution in [1.29, 1.82) is 0 Å². The number of unbranched alkanes of at least 4 members (excludes halogenated alkanes) is 14. The Bertz CT molecular complexity index is 340. The molecule has 3 heteroatoms. The highest BCUT2D eigenvalue weighted by Crippen LogP contribution is 2.29. The van der Waals surface area contributed by atoms with E-state index in [0.29, 0.717) is 5.04 Å². The predicted octanol–water partition coefficient (Wildman–Crippen LogP) is 7.12. The molecule has 0 bridgehead atoms. The van der Waals surface area contributed by atoms with E-state index in [1.165, 1.54) is 135 Å². The van der Waals surface area contributed by atoms with Crippen molar-refractivity contribution in [2.24, 2.45) is 5.92 Å². The van der Waals surface area contributed by atoms with Crippen molar-refractivity contribution in [1.82, 2.24) is 10.3 Å². The Morgan fingerprint density at radius 3 is 1.66 bits per heavy atom. The summed E-state index contributed by atoms with van der Waals surface area (Å²) in [5, 5.41) is 4.08. The number of piperidine rings is 1. The van der Waals surface area contributed by atoms with Crippen LogP contribution in [0.2, 0.25) is 5.04 Å². The van der Waals surface area contributed by atoms with Crippen molar-refractivity contribution < 1.29 is 0 Å². The molecule has 1 heterocycles. The number of nitrogens with one attached hydrogen (secondary N) is 2. The fourth-order valence-corrected chi connectivity index (χ4v) is 6.42. The SMILES string of the molecule is CCCCCCCCCCCCCCCCCC(C)(C)[SiH2]NCC1CCNCC1. The lowest BCUT2D eigenvalue weighted by Crippen LogP contribution is -2.37. The Kier molecular flexibility index (Phi) is 17.7. The Morgan fingerprint density at radius 1 is 0.724 bits per heavy atom. The molecule has 0 radical (unpaired) electrons. The number of rotatable bonds is 20. The second-order valence-corrected chi connectivity index (χ2v) is 13.5. The Morgan fingerprint density at radius 2 is 1.17 bits per heavy atom. The molecule has 0 aliphatic carbocycles. The van der Waals surface area contributed by atoms with E-state index in [0.717, 1.165) is 5.92 Å². The van der Waals surface area contributed by atoms with Crippen LogP contribution in [0.5, 0.6) is 0 Å². The quantitative estimate of drug-likeness (QED) is 0.160. The van der Waals surface area contributed by atoms with Crippen LogP contribution in [0.1, 0.15) is 136 Å². The molecule has 2 N–H and O–H groups in total. The first-order valence-electron chi connectivity index (χ1n) is 13.6. The number of hydrogen-bond acceptors (Lipinski definition) is 2. The van der Waals surface area contributed by atoms with Gasteiger partial charge in [0.15, 0.2) is 0 Å². The Balaban J connectivity index is 1.80. The highest BCUT2D eigenvalue weighted by atomic mass is 28.2. The van der Waals surface area contributed by atoms with Gasteiger partial charge in [0.1, 0.15) is 0 Å². The van der Waals surface area contributed by atoms with Crippen molar-refractivity contribution in [2.45, 2.75) is 141 Å². The first-order chi connectivity index (χ1) is 14.1. The molecule has 2 nitrogen and oxygen atoms in total. The minimum Gasteiger partial charge on any atom is -0.341 e. The third kappa shape index (κ3) is 17.5. The fraction of sp³-hybridized carbons (Fsp3) is 1.00. The monoisotopic (exact) mass is 424 g/mol. The second kappa shape index (κ2) is 18.9. The van der Waals surface area contributed by atoms with Gasteiger partial charge in [-0.1, -0.05) is 117 Å². The summed E-state index contributed by atoms with van der Waals surface area (Å²) in [4.78, 5) is 3.91. The van der Waals surface area contributed by atoms with Gasteiger partial charge in [0, 0.05) is 0 Å². The molecule has 0 aromatic heterocycles. The third-order valence-corrected chi connectivity index (χ3v) is 8.80. The first kappa shape index (κ1) is 27.2. The van der Waals surface area contributed by atoms with E-state index in [1.807, 2.05) is 0 Å². The van der Waals surface area contributed by atoms with Gasteiger partial charge in [0.2, 0.25) is 0 Å². The third-order valence-electron chi connectivity index (χ3n) is 6.95. The van der Waals surface area contributed by atoms with Crippen LogP contribution in [0.3, 0.4) is 0 Å². The minimum absolute atomic E-state index is 0.141. The maximum atomic E-state index is 3.91. The van der Waals surface area contributed by atoms with Crippen LogP contribution in [-0.2, 0) is 0 Å². The topological polar surface area (TPSA) is 24.1 Å². The molecular weight excluding hydrogens is 368 g/mol. The maximum absolute atomic E-state index is 3.91. The van der Waals surface area contributed by atoms with Crippen LogP contribution < -0.4 is 10.3 Å². The summed E-state index contributed by atoms with van der Waals surface area (Å²) in [7, 11) is -0.141. The maximum Gasteiger partial charge on any atom is 0.0973 e. The van der Waals surface area contributed by atoms with Crippen LogP contribution in [0.4, 0.5) is 0 Å². The van der Waals surface area contributed by atoms with E-state index in [-0.39, 0.29) is 9.68 Å². The normalized spacial score (nSPS) is 16.2. The summed E-state index contributed by atoms with van der Waals surface area (Å²) in [6, 6.07) is 0. The van der Waals surface area contributed by atoms with Crippen LogP contribution in [0.15, 0.2) is 0 Å². The number of hydrogen-bond donors (Lipinski definition) is 2. The molecule has 29 heavy (non-hydrogen) atoms. The van der Waals surface area contributed by atoms with E-state index in [1.54, 1.807) is 0 Å². The smallest absolute Gasteiger partial charge is 0.0973 e. The molecule has 1 rings (SSSR count). The lowest BCUT2D eigenvalue weighted by atomic mass is 9.99. The summed E-state index contributed by atoms with van der Waals surface area (Å²) in [5.74, 6) is 0.936. The lowest BCUT2D eigenvalue weighted by molar-refractivity contribution is 0.372. The summed E-state index contributed by atoms with van der Waals surface area (Å²) in [5.41, 5.74) is 0. The zero-order chi connectivity index (χ0) is 21.0. The van der Waals surface area contributed by atoms with Crippen molar-refractivity contribution >= 4 is 9.68 Å². The van der Waals surface area contributed by atoms with Gasteiger partial charge in [-0.2, -0.15) is 0 Å². The van der Waals surface area contributed by atoms with Gasteiger partial charge < -0.3 is 10.3 Å². The average molecular weight is 425 g/mol. The lowest BCUT2D eigenvalue weighted by Gasteiger charge is -2.27. The van der Waals surface area contributed by atoms with Crippen LogP contribution in [0, 0.1) is 5.92 Å². The van der Waals surface area contributed by atoms with Crippen molar-refractivity contribution in [3.63, 3.8) is 0 Å². The molecule has 1 fully saturated rings. The molecule has 0 aromatic carbocycles. The van der Waals surface area contributed by atoms with Crippen LogP contribution in [-0.4, -0.2) is 29.3 Å². The van der Waals surface area contributed by atoms with E-state index < -0.39 is 0 Å². The van der Waals surface area contributed by atoms with Crippen LogP contribution >= 0.6 is 0 Å². The van der Waals surface area contributed by atoms with Gasteiger partial charge >= 0.3 is 0 Å². The Hall–Kier alpha value is 0.137. The Labute approximate surface area is 187 Å². The minimum atomic E-state index is -0.141. The summed E-state index contributed by atoms with van der Waals surface area (Å²) in [6.07, 6.45) is 26.2. The van der Waals surface area contributed by atoms with Gasteiger partial charge in [0.05, 0.1) is 9.68 Å². The van der Waals surface area contributed by atoms with E-state index in [4.69, 9.17) is 0 Å². The molecule has 0 unspecified atom stereocenters. The molecule has 1 saturated heterocycles. The van der Waals surface area contributed by atoms with Gasteiger partial charge in [-0.3, -0.25) is 0 Å². The largest absolute Gasteiger partial charge is 0.341 e. The molecule has 1 aliphatic heterocycles. The van der Waals surface area contributed by atoms with Gasteiger partial charge in [-0.05, 0) is 49.9 Å². The van der Waals surface area contributed by atoms with Gasteiger partial charge in [-0.15, -0.1) is 0 Å². The fourth-order valence-electron chi connectivity index (χ4n) is 4.76. The molecule has 0 aromatic rings. The second-order valence-electron chi connectivity index (χ2n) is 10.7. The van der Waals surface area contributed by atoms with Gasteiger partial charge in [-0.25, -0.2) is 0 Å². The highest BCUT2D eigenvalue weighted by molar-refractivity contribution is 6.36. The van der Waals surface area contributed by atoms with E-state index in [9.17, 15) is 0 Å². The molecule has 0 amide bonds. The van der Waals surface area contributed by atoms with Crippen molar-refractivity contribution in [3.05, 3.63) is 0 Å². The molecule has 174 valence electrons. The predicted molar refractivity (Wildman–Crippen MR) is 136 cm³/mol. The van der Waals surface area contributed by atoms with Crippen molar-refractivity contribution in [2.75, 3.05) is 19.6 Å². The molecule has 0 saturated carbocycles. The molecular formula is C26H56N2Si. The van der Waals surface area contributed by atoms with Crippen LogP contribution in [0.25, 0.3) is 0 Å². The highest BCUT2D eigenvalue weighted by Gasteiger charge is 2.19.